The number of rotatable bonds is 5. The molecule has 0 fully saturated rings. The molecule has 1 heterocycles. The van der Waals surface area contributed by atoms with Gasteiger partial charge in [-0.25, -0.2) is 4.98 Å². The van der Waals surface area contributed by atoms with Crippen LogP contribution in [-0.2, 0) is 6.54 Å². The summed E-state index contributed by atoms with van der Waals surface area (Å²) in [6, 6.07) is 0.424. The van der Waals surface area contributed by atoms with Gasteiger partial charge in [0.25, 0.3) is 0 Å². The fourth-order valence-electron chi connectivity index (χ4n) is 1.39. The summed E-state index contributed by atoms with van der Waals surface area (Å²) in [6.45, 7) is 7.55. The molecule has 0 aliphatic carbocycles. The third-order valence-electron chi connectivity index (χ3n) is 2.16. The van der Waals surface area contributed by atoms with Gasteiger partial charge < -0.3 is 10.1 Å². The summed E-state index contributed by atoms with van der Waals surface area (Å²) in [6.07, 6.45) is 3.20. The van der Waals surface area contributed by atoms with Crippen LogP contribution >= 0.6 is 0 Å². The minimum absolute atomic E-state index is 0.291. The lowest BCUT2D eigenvalue weighted by Gasteiger charge is -2.26. The van der Waals surface area contributed by atoms with Gasteiger partial charge in [-0.2, -0.15) is 0 Å². The number of aliphatic hydroxyl groups excluding tert-OH is 1. The first-order chi connectivity index (χ1) is 6.59. The van der Waals surface area contributed by atoms with Gasteiger partial charge in [-0.05, 0) is 20.8 Å². The fourth-order valence-corrected chi connectivity index (χ4v) is 1.39. The van der Waals surface area contributed by atoms with Crippen molar-refractivity contribution in [1.82, 2.24) is 14.9 Å². The number of nitrogens with zero attached hydrogens (tertiary/aromatic N) is 2. The predicted molar refractivity (Wildman–Crippen MR) is 55.8 cm³/mol. The van der Waals surface area contributed by atoms with E-state index in [1.165, 1.54) is 0 Å². The summed E-state index contributed by atoms with van der Waals surface area (Å²) in [5.41, 5.74) is 1.08. The highest BCUT2D eigenvalue weighted by molar-refractivity contribution is 4.94. The van der Waals surface area contributed by atoms with Gasteiger partial charge in [-0.3, -0.25) is 4.90 Å². The molecule has 0 saturated carbocycles. The van der Waals surface area contributed by atoms with Gasteiger partial charge in [-0.15, -0.1) is 0 Å². The van der Waals surface area contributed by atoms with E-state index < -0.39 is 0 Å². The maximum Gasteiger partial charge on any atom is 0.0922 e. The topological polar surface area (TPSA) is 52.1 Å². The SMILES string of the molecule is CC(O)CN(Cc1cnc[nH]1)C(C)C. The van der Waals surface area contributed by atoms with Crippen molar-refractivity contribution in [2.24, 2.45) is 0 Å². The van der Waals surface area contributed by atoms with Gasteiger partial charge in [0.2, 0.25) is 0 Å². The molecule has 0 aliphatic heterocycles. The molecule has 1 aromatic rings. The third kappa shape index (κ3) is 3.47. The molecular formula is C10H19N3O. The zero-order valence-corrected chi connectivity index (χ0v) is 9.07. The Bertz CT molecular complexity index is 244. The van der Waals surface area contributed by atoms with Crippen molar-refractivity contribution in [3.05, 3.63) is 18.2 Å². The smallest absolute Gasteiger partial charge is 0.0922 e. The lowest BCUT2D eigenvalue weighted by atomic mass is 10.2. The molecule has 0 aliphatic rings. The van der Waals surface area contributed by atoms with Crippen molar-refractivity contribution in [1.29, 1.82) is 0 Å². The maximum atomic E-state index is 9.33. The average Bonchev–Trinajstić information content (AvgIpc) is 2.54. The molecule has 0 radical (unpaired) electrons. The molecule has 14 heavy (non-hydrogen) atoms. The first-order valence-corrected chi connectivity index (χ1v) is 4.99. The fraction of sp³-hybridized carbons (Fsp3) is 0.700. The largest absolute Gasteiger partial charge is 0.392 e. The van der Waals surface area contributed by atoms with Crippen LogP contribution in [0, 0.1) is 0 Å². The average molecular weight is 197 g/mol. The summed E-state index contributed by atoms with van der Waals surface area (Å²) in [4.78, 5) is 9.24. The van der Waals surface area contributed by atoms with E-state index in [1.807, 2.05) is 13.1 Å². The second-order valence-corrected chi connectivity index (χ2v) is 3.95. The van der Waals surface area contributed by atoms with Crippen LogP contribution in [0.15, 0.2) is 12.5 Å². The van der Waals surface area contributed by atoms with E-state index in [2.05, 4.69) is 28.7 Å². The Balaban J connectivity index is 2.51. The highest BCUT2D eigenvalue weighted by Gasteiger charge is 2.12. The van der Waals surface area contributed by atoms with Crippen molar-refractivity contribution >= 4 is 0 Å². The molecule has 0 aromatic carbocycles. The number of imidazole rings is 1. The molecule has 1 rings (SSSR count). The first kappa shape index (κ1) is 11.2. The lowest BCUT2D eigenvalue weighted by molar-refractivity contribution is 0.102. The molecule has 0 saturated heterocycles. The minimum Gasteiger partial charge on any atom is -0.392 e. The zero-order valence-electron chi connectivity index (χ0n) is 9.07. The van der Waals surface area contributed by atoms with E-state index in [1.54, 1.807) is 6.33 Å². The Morgan fingerprint density at radius 2 is 2.21 bits per heavy atom. The summed E-state index contributed by atoms with van der Waals surface area (Å²) in [5.74, 6) is 0. The minimum atomic E-state index is -0.291. The van der Waals surface area contributed by atoms with E-state index in [4.69, 9.17) is 0 Å². The molecule has 1 atom stereocenters. The summed E-state index contributed by atoms with van der Waals surface area (Å²) in [5, 5.41) is 9.33. The zero-order chi connectivity index (χ0) is 10.6. The number of hydrogen-bond acceptors (Lipinski definition) is 3. The van der Waals surface area contributed by atoms with E-state index in [9.17, 15) is 5.11 Å². The Morgan fingerprint density at radius 3 is 2.64 bits per heavy atom. The van der Waals surface area contributed by atoms with Crippen LogP contribution in [0.3, 0.4) is 0 Å². The quantitative estimate of drug-likeness (QED) is 0.740. The highest BCUT2D eigenvalue weighted by Crippen LogP contribution is 2.05. The van der Waals surface area contributed by atoms with Gasteiger partial charge in [0, 0.05) is 31.0 Å². The second-order valence-electron chi connectivity index (χ2n) is 3.95. The lowest BCUT2D eigenvalue weighted by Crippen LogP contribution is -2.36. The van der Waals surface area contributed by atoms with Crippen molar-refractivity contribution in [2.75, 3.05) is 6.54 Å². The van der Waals surface area contributed by atoms with Crippen LogP contribution in [-0.4, -0.2) is 38.7 Å². The van der Waals surface area contributed by atoms with E-state index >= 15 is 0 Å². The van der Waals surface area contributed by atoms with Crippen molar-refractivity contribution in [3.8, 4) is 0 Å². The van der Waals surface area contributed by atoms with Gasteiger partial charge in [-0.1, -0.05) is 0 Å². The van der Waals surface area contributed by atoms with Crippen LogP contribution in [0.2, 0.25) is 0 Å². The Kier molecular flexibility index (Phi) is 4.10. The highest BCUT2D eigenvalue weighted by atomic mass is 16.3. The third-order valence-corrected chi connectivity index (χ3v) is 2.16. The molecule has 1 aromatic heterocycles. The Hall–Kier alpha value is -0.870. The predicted octanol–water partition coefficient (Wildman–Crippen LogP) is 1.00. The number of H-pyrrole nitrogens is 1. The Labute approximate surface area is 85.0 Å². The summed E-state index contributed by atoms with van der Waals surface area (Å²) < 4.78 is 0. The molecule has 0 amide bonds. The molecule has 4 heteroatoms. The summed E-state index contributed by atoms with van der Waals surface area (Å²) in [7, 11) is 0. The maximum absolute atomic E-state index is 9.33. The van der Waals surface area contributed by atoms with Crippen LogP contribution in [0.1, 0.15) is 26.5 Å². The molecule has 80 valence electrons. The Morgan fingerprint density at radius 1 is 1.50 bits per heavy atom. The molecule has 0 spiro atoms. The molecule has 4 nitrogen and oxygen atoms in total. The molecular weight excluding hydrogens is 178 g/mol. The first-order valence-electron chi connectivity index (χ1n) is 4.99. The van der Waals surface area contributed by atoms with Gasteiger partial charge >= 0.3 is 0 Å². The van der Waals surface area contributed by atoms with Crippen LogP contribution in [0.5, 0.6) is 0 Å². The summed E-state index contributed by atoms with van der Waals surface area (Å²) >= 11 is 0. The van der Waals surface area contributed by atoms with E-state index in [0.29, 0.717) is 12.6 Å². The van der Waals surface area contributed by atoms with Gasteiger partial charge in [0.15, 0.2) is 0 Å². The standard InChI is InChI=1S/C10H19N3O/c1-8(2)13(5-9(3)14)6-10-4-11-7-12-10/h4,7-9,14H,5-6H2,1-3H3,(H,11,12). The number of aromatic amines is 1. The van der Waals surface area contributed by atoms with E-state index in [0.717, 1.165) is 12.2 Å². The normalized spacial score (nSPS) is 13.9. The van der Waals surface area contributed by atoms with Crippen molar-refractivity contribution in [2.45, 2.75) is 39.5 Å². The molecule has 0 bridgehead atoms. The van der Waals surface area contributed by atoms with E-state index in [-0.39, 0.29) is 6.10 Å². The molecule has 1 unspecified atom stereocenters. The number of hydrogen-bond donors (Lipinski definition) is 2. The van der Waals surface area contributed by atoms with Crippen LogP contribution in [0.25, 0.3) is 0 Å². The van der Waals surface area contributed by atoms with Crippen LogP contribution < -0.4 is 0 Å². The monoisotopic (exact) mass is 197 g/mol. The van der Waals surface area contributed by atoms with Crippen molar-refractivity contribution in [3.63, 3.8) is 0 Å². The van der Waals surface area contributed by atoms with Crippen molar-refractivity contribution < 1.29 is 5.11 Å². The molecule has 2 N–H and O–H groups in total. The number of aliphatic hydroxyl groups is 1. The van der Waals surface area contributed by atoms with Gasteiger partial charge in [0.1, 0.15) is 0 Å². The van der Waals surface area contributed by atoms with Gasteiger partial charge in [0.05, 0.1) is 12.4 Å². The second kappa shape index (κ2) is 5.12. The van der Waals surface area contributed by atoms with Crippen LogP contribution in [0.4, 0.5) is 0 Å². The number of aromatic nitrogens is 2. The number of nitrogens with one attached hydrogen (secondary N) is 1.